The van der Waals surface area contributed by atoms with E-state index in [1.54, 1.807) is 30.3 Å². The van der Waals surface area contributed by atoms with E-state index in [4.69, 9.17) is 16.1 Å². The van der Waals surface area contributed by atoms with Crippen molar-refractivity contribution in [2.45, 2.75) is 6.54 Å². The summed E-state index contributed by atoms with van der Waals surface area (Å²) in [6, 6.07) is 16.4. The van der Waals surface area contributed by atoms with E-state index < -0.39 is 0 Å². The highest BCUT2D eigenvalue weighted by molar-refractivity contribution is 6.30. The molecule has 0 aliphatic heterocycles. The van der Waals surface area contributed by atoms with Gasteiger partial charge in [-0.1, -0.05) is 28.9 Å². The number of benzene rings is 2. The molecule has 25 heavy (non-hydrogen) atoms. The summed E-state index contributed by atoms with van der Waals surface area (Å²) in [4.78, 5) is 19.8. The summed E-state index contributed by atoms with van der Waals surface area (Å²) in [5.74, 6) is 0.853. The van der Waals surface area contributed by atoms with Gasteiger partial charge in [0.1, 0.15) is 5.82 Å². The van der Waals surface area contributed by atoms with E-state index in [1.165, 1.54) is 0 Å². The molecule has 0 saturated carbocycles. The largest absolute Gasteiger partial charge is 0.355 e. The number of rotatable bonds is 4. The second kappa shape index (κ2) is 6.41. The minimum Gasteiger partial charge on any atom is -0.355 e. The van der Waals surface area contributed by atoms with E-state index in [-0.39, 0.29) is 18.1 Å². The number of aromatic amines is 1. The Hall–Kier alpha value is -3.12. The highest BCUT2D eigenvalue weighted by Crippen LogP contribution is 2.22. The summed E-state index contributed by atoms with van der Waals surface area (Å²) in [6.45, 7) is 0.274. The van der Waals surface area contributed by atoms with E-state index in [9.17, 15) is 4.79 Å². The van der Waals surface area contributed by atoms with Crippen molar-refractivity contribution in [2.75, 3.05) is 0 Å². The van der Waals surface area contributed by atoms with Crippen LogP contribution >= 0.6 is 11.6 Å². The molecule has 0 atom stereocenters. The van der Waals surface area contributed by atoms with Crippen LogP contribution in [-0.2, 0) is 6.54 Å². The van der Waals surface area contributed by atoms with Crippen LogP contribution in [0.25, 0.3) is 22.4 Å². The molecule has 0 saturated heterocycles. The molecule has 0 radical (unpaired) electrons. The van der Waals surface area contributed by atoms with Gasteiger partial charge in [-0.3, -0.25) is 4.79 Å². The van der Waals surface area contributed by atoms with Crippen LogP contribution < -0.4 is 5.32 Å². The lowest BCUT2D eigenvalue weighted by Gasteiger charge is -1.98. The number of aromatic nitrogens is 3. The van der Waals surface area contributed by atoms with Crippen LogP contribution in [0.1, 0.15) is 16.3 Å². The molecule has 0 fully saturated rings. The van der Waals surface area contributed by atoms with Gasteiger partial charge in [0.05, 0.1) is 17.6 Å². The minimum absolute atomic E-state index is 0.209. The van der Waals surface area contributed by atoms with Crippen LogP contribution in [0.4, 0.5) is 0 Å². The van der Waals surface area contributed by atoms with Gasteiger partial charge in [0.2, 0.25) is 0 Å². The Morgan fingerprint density at radius 3 is 2.76 bits per heavy atom. The van der Waals surface area contributed by atoms with Crippen molar-refractivity contribution in [2.24, 2.45) is 0 Å². The number of halogens is 1. The quantitative estimate of drug-likeness (QED) is 0.585. The molecule has 4 rings (SSSR count). The Bertz CT molecular complexity index is 1000. The maximum absolute atomic E-state index is 12.2. The topological polar surface area (TPSA) is 83.8 Å². The van der Waals surface area contributed by atoms with Gasteiger partial charge in [0.25, 0.3) is 5.91 Å². The Labute approximate surface area is 147 Å². The van der Waals surface area contributed by atoms with Gasteiger partial charge in [-0.15, -0.1) is 0 Å². The zero-order chi connectivity index (χ0) is 17.2. The van der Waals surface area contributed by atoms with Crippen molar-refractivity contribution in [3.05, 3.63) is 71.1 Å². The highest BCUT2D eigenvalue weighted by Gasteiger charge is 2.14. The molecule has 7 heteroatoms. The molecule has 0 aliphatic rings. The SMILES string of the molecule is O=C(NCc1nc2ccccc2[nH]1)c1cc(-c2ccc(Cl)cc2)on1. The van der Waals surface area contributed by atoms with E-state index in [0.29, 0.717) is 16.6 Å². The van der Waals surface area contributed by atoms with Crippen LogP contribution in [0, 0.1) is 0 Å². The fraction of sp³-hybridized carbons (Fsp3) is 0.0556. The standard InChI is InChI=1S/C18H13ClN4O2/c19-12-7-5-11(6-8-12)16-9-15(23-25-16)18(24)20-10-17-21-13-3-1-2-4-14(13)22-17/h1-9H,10H2,(H,20,24)(H,21,22). The third kappa shape index (κ3) is 3.25. The second-order valence-corrected chi connectivity index (χ2v) is 5.90. The first-order valence-corrected chi connectivity index (χ1v) is 8.01. The number of carbonyl (C=O) groups is 1. The van der Waals surface area contributed by atoms with Gasteiger partial charge >= 0.3 is 0 Å². The molecule has 124 valence electrons. The van der Waals surface area contributed by atoms with Crippen molar-refractivity contribution in [3.8, 4) is 11.3 Å². The molecule has 2 aromatic carbocycles. The number of nitrogens with zero attached hydrogens (tertiary/aromatic N) is 2. The number of fused-ring (bicyclic) bond motifs is 1. The lowest BCUT2D eigenvalue weighted by molar-refractivity contribution is 0.0941. The van der Waals surface area contributed by atoms with Crippen molar-refractivity contribution in [1.82, 2.24) is 20.4 Å². The normalized spacial score (nSPS) is 10.9. The lowest BCUT2D eigenvalue weighted by atomic mass is 10.1. The molecule has 1 amide bonds. The zero-order valence-corrected chi connectivity index (χ0v) is 13.7. The molecule has 0 aliphatic carbocycles. The summed E-state index contributed by atoms with van der Waals surface area (Å²) < 4.78 is 5.23. The molecular formula is C18H13ClN4O2. The first-order valence-electron chi connectivity index (χ1n) is 7.63. The fourth-order valence-corrected chi connectivity index (χ4v) is 2.60. The van der Waals surface area contributed by atoms with E-state index in [0.717, 1.165) is 16.6 Å². The van der Waals surface area contributed by atoms with E-state index in [2.05, 4.69) is 20.4 Å². The van der Waals surface area contributed by atoms with Crippen LogP contribution in [-0.4, -0.2) is 21.0 Å². The summed E-state index contributed by atoms with van der Waals surface area (Å²) in [6.07, 6.45) is 0. The summed E-state index contributed by atoms with van der Waals surface area (Å²) in [5, 5.41) is 7.22. The van der Waals surface area contributed by atoms with Gasteiger partial charge in [-0.25, -0.2) is 4.98 Å². The van der Waals surface area contributed by atoms with Gasteiger partial charge in [0, 0.05) is 16.7 Å². The van der Waals surface area contributed by atoms with Gasteiger partial charge in [0.15, 0.2) is 11.5 Å². The molecule has 2 heterocycles. The van der Waals surface area contributed by atoms with Crippen molar-refractivity contribution in [3.63, 3.8) is 0 Å². The molecule has 2 N–H and O–H groups in total. The summed E-state index contributed by atoms with van der Waals surface area (Å²) in [5.41, 5.74) is 2.80. The average Bonchev–Trinajstić information content (AvgIpc) is 3.27. The minimum atomic E-state index is -0.329. The number of carbonyl (C=O) groups excluding carboxylic acids is 1. The van der Waals surface area contributed by atoms with Gasteiger partial charge < -0.3 is 14.8 Å². The molecule has 0 bridgehead atoms. The Kier molecular flexibility index (Phi) is 3.95. The van der Waals surface area contributed by atoms with Crippen LogP contribution in [0.5, 0.6) is 0 Å². The Balaban J connectivity index is 1.45. The number of hydrogen-bond acceptors (Lipinski definition) is 4. The third-order valence-corrected chi connectivity index (χ3v) is 3.98. The first kappa shape index (κ1) is 15.4. The summed E-state index contributed by atoms with van der Waals surface area (Å²) in [7, 11) is 0. The molecule has 2 aromatic heterocycles. The predicted molar refractivity (Wildman–Crippen MR) is 94.2 cm³/mol. The maximum Gasteiger partial charge on any atom is 0.273 e. The average molecular weight is 353 g/mol. The molecule has 0 unspecified atom stereocenters. The maximum atomic E-state index is 12.2. The van der Waals surface area contributed by atoms with E-state index >= 15 is 0 Å². The number of amides is 1. The molecular weight excluding hydrogens is 340 g/mol. The van der Waals surface area contributed by atoms with Gasteiger partial charge in [-0.2, -0.15) is 0 Å². The fourth-order valence-electron chi connectivity index (χ4n) is 2.48. The highest BCUT2D eigenvalue weighted by atomic mass is 35.5. The Morgan fingerprint density at radius 1 is 1.16 bits per heavy atom. The number of nitrogens with one attached hydrogen (secondary N) is 2. The molecule has 0 spiro atoms. The van der Waals surface area contributed by atoms with Crippen molar-refractivity contribution in [1.29, 1.82) is 0 Å². The number of imidazole rings is 1. The van der Waals surface area contributed by atoms with Crippen LogP contribution in [0.15, 0.2) is 59.1 Å². The molecule has 6 nitrogen and oxygen atoms in total. The smallest absolute Gasteiger partial charge is 0.273 e. The predicted octanol–water partition coefficient (Wildman–Crippen LogP) is 3.80. The lowest BCUT2D eigenvalue weighted by Crippen LogP contribution is -2.23. The third-order valence-electron chi connectivity index (χ3n) is 3.73. The number of hydrogen-bond donors (Lipinski definition) is 2. The van der Waals surface area contributed by atoms with E-state index in [1.807, 2.05) is 24.3 Å². The summed E-state index contributed by atoms with van der Waals surface area (Å²) >= 11 is 5.86. The Morgan fingerprint density at radius 2 is 1.96 bits per heavy atom. The van der Waals surface area contributed by atoms with Crippen molar-refractivity contribution >= 4 is 28.5 Å². The number of para-hydroxylation sites is 2. The van der Waals surface area contributed by atoms with Gasteiger partial charge in [-0.05, 0) is 36.4 Å². The van der Waals surface area contributed by atoms with Crippen LogP contribution in [0.2, 0.25) is 5.02 Å². The first-order chi connectivity index (χ1) is 12.2. The monoisotopic (exact) mass is 352 g/mol. The number of H-pyrrole nitrogens is 1. The molecule has 4 aromatic rings. The van der Waals surface area contributed by atoms with Crippen molar-refractivity contribution < 1.29 is 9.32 Å². The second-order valence-electron chi connectivity index (χ2n) is 5.47. The zero-order valence-electron chi connectivity index (χ0n) is 13.0. The van der Waals surface area contributed by atoms with Crippen LogP contribution in [0.3, 0.4) is 0 Å².